The van der Waals surface area contributed by atoms with Crippen molar-refractivity contribution in [3.63, 3.8) is 0 Å². The van der Waals surface area contributed by atoms with Gasteiger partial charge in [-0.1, -0.05) is 70.9 Å². The summed E-state index contributed by atoms with van der Waals surface area (Å²) >= 11 is 3.51. The van der Waals surface area contributed by atoms with Gasteiger partial charge in [-0.15, -0.1) is 0 Å². The predicted octanol–water partition coefficient (Wildman–Crippen LogP) is 5.63. The van der Waals surface area contributed by atoms with Gasteiger partial charge in [-0.25, -0.2) is 0 Å². The lowest BCUT2D eigenvalue weighted by atomic mass is 9.90. The van der Waals surface area contributed by atoms with Gasteiger partial charge in [0.15, 0.2) is 0 Å². The highest BCUT2D eigenvalue weighted by Gasteiger charge is 2.35. The molecule has 138 valence electrons. The fourth-order valence-corrected chi connectivity index (χ4v) is 4.39. The summed E-state index contributed by atoms with van der Waals surface area (Å²) in [7, 11) is 0. The molecule has 4 rings (SSSR count). The second kappa shape index (κ2) is 7.83. The van der Waals surface area contributed by atoms with Crippen LogP contribution >= 0.6 is 15.9 Å². The summed E-state index contributed by atoms with van der Waals surface area (Å²) in [6.45, 7) is 0.796. The maximum atomic E-state index is 11.9. The Labute approximate surface area is 167 Å². The number of rotatable bonds is 4. The van der Waals surface area contributed by atoms with Crippen molar-refractivity contribution in [3.8, 4) is 0 Å². The molecule has 0 radical (unpaired) electrons. The van der Waals surface area contributed by atoms with E-state index in [0.717, 1.165) is 35.0 Å². The number of benzene rings is 3. The summed E-state index contributed by atoms with van der Waals surface area (Å²) in [5, 5.41) is 12.2. The van der Waals surface area contributed by atoms with Gasteiger partial charge in [-0.2, -0.15) is 0 Å². The van der Waals surface area contributed by atoms with Gasteiger partial charge in [0.05, 0.1) is 6.04 Å². The molecule has 3 aromatic rings. The average Bonchev–Trinajstić information content (AvgIpc) is 2.70. The molecule has 2 atom stereocenters. The largest absolute Gasteiger partial charge is 0.480 e. The van der Waals surface area contributed by atoms with Crippen molar-refractivity contribution < 1.29 is 9.90 Å². The van der Waals surface area contributed by atoms with E-state index < -0.39 is 12.0 Å². The van der Waals surface area contributed by atoms with Crippen molar-refractivity contribution in [1.82, 2.24) is 4.90 Å². The second-order valence-corrected chi connectivity index (χ2v) is 8.06. The Balaban J connectivity index is 1.83. The zero-order valence-corrected chi connectivity index (χ0v) is 16.6. The van der Waals surface area contributed by atoms with Crippen LogP contribution in [-0.4, -0.2) is 28.6 Å². The fourth-order valence-electron chi connectivity index (χ4n) is 4.13. The minimum Gasteiger partial charge on any atom is -0.480 e. The van der Waals surface area contributed by atoms with Crippen LogP contribution in [-0.2, 0) is 4.79 Å². The summed E-state index contributed by atoms with van der Waals surface area (Å²) in [5.74, 6) is -0.724. The zero-order chi connectivity index (χ0) is 18.8. The van der Waals surface area contributed by atoms with E-state index in [2.05, 4.69) is 63.3 Å². The minimum atomic E-state index is -0.724. The molecule has 1 saturated heterocycles. The molecule has 0 spiro atoms. The Bertz CT molecular complexity index is 954. The molecule has 0 saturated carbocycles. The number of likely N-dealkylation sites (tertiary alicyclic amines) is 1. The Kier molecular flexibility index (Phi) is 5.28. The summed E-state index contributed by atoms with van der Waals surface area (Å²) in [6.07, 6.45) is 2.71. The normalized spacial score (nSPS) is 19.1. The Morgan fingerprint density at radius 1 is 0.963 bits per heavy atom. The van der Waals surface area contributed by atoms with Crippen LogP contribution in [0.1, 0.15) is 36.4 Å². The summed E-state index contributed by atoms with van der Waals surface area (Å²) in [5.41, 5.74) is 2.27. The van der Waals surface area contributed by atoms with Crippen molar-refractivity contribution >= 4 is 32.7 Å². The van der Waals surface area contributed by atoms with Gasteiger partial charge in [-0.05, 0) is 59.5 Å². The molecular formula is C23H22BrNO2. The first-order chi connectivity index (χ1) is 13.1. The second-order valence-electron chi connectivity index (χ2n) is 7.15. The number of carboxylic acid groups (broad SMARTS) is 1. The number of aliphatic carboxylic acids is 1. The van der Waals surface area contributed by atoms with Crippen LogP contribution in [0, 0.1) is 0 Å². The number of nitrogens with zero attached hydrogens (tertiary/aromatic N) is 1. The number of fused-ring (bicyclic) bond motifs is 1. The SMILES string of the molecule is O=C(O)C1CCCCN1C(c1ccc(Br)cc1)c1ccc2ccccc2c1. The van der Waals surface area contributed by atoms with Crippen LogP contribution in [0.2, 0.25) is 0 Å². The van der Waals surface area contributed by atoms with Crippen molar-refractivity contribution in [2.75, 3.05) is 6.54 Å². The molecule has 4 heteroatoms. The van der Waals surface area contributed by atoms with E-state index in [1.807, 2.05) is 24.3 Å². The van der Waals surface area contributed by atoms with E-state index >= 15 is 0 Å². The van der Waals surface area contributed by atoms with Crippen LogP contribution in [0.3, 0.4) is 0 Å². The number of hydrogen-bond donors (Lipinski definition) is 1. The standard InChI is InChI=1S/C23H22BrNO2/c24-20-12-10-17(11-13-20)22(25-14-4-3-7-21(25)23(26)27)19-9-8-16-5-1-2-6-18(16)15-19/h1-2,5-6,8-13,15,21-22H,3-4,7,14H2,(H,26,27). The lowest BCUT2D eigenvalue weighted by Gasteiger charge is -2.39. The zero-order valence-electron chi connectivity index (χ0n) is 15.0. The highest BCUT2D eigenvalue weighted by Crippen LogP contribution is 2.36. The van der Waals surface area contributed by atoms with Crippen molar-refractivity contribution in [2.24, 2.45) is 0 Å². The van der Waals surface area contributed by atoms with Crippen LogP contribution < -0.4 is 0 Å². The molecule has 2 unspecified atom stereocenters. The van der Waals surface area contributed by atoms with Crippen LogP contribution in [0.4, 0.5) is 0 Å². The first-order valence-corrected chi connectivity index (χ1v) is 10.2. The lowest BCUT2D eigenvalue weighted by Crippen LogP contribution is -2.46. The molecule has 1 fully saturated rings. The number of halogens is 1. The highest BCUT2D eigenvalue weighted by molar-refractivity contribution is 9.10. The smallest absolute Gasteiger partial charge is 0.320 e. The molecule has 0 aliphatic carbocycles. The van der Waals surface area contributed by atoms with Gasteiger partial charge in [-0.3, -0.25) is 9.69 Å². The molecule has 0 bridgehead atoms. The first-order valence-electron chi connectivity index (χ1n) is 9.36. The van der Waals surface area contributed by atoms with Gasteiger partial charge >= 0.3 is 5.97 Å². The Morgan fingerprint density at radius 2 is 1.67 bits per heavy atom. The van der Waals surface area contributed by atoms with E-state index in [1.54, 1.807) is 0 Å². The third kappa shape index (κ3) is 3.78. The molecule has 1 aliphatic heterocycles. The average molecular weight is 424 g/mol. The van der Waals surface area contributed by atoms with E-state index in [4.69, 9.17) is 0 Å². The Morgan fingerprint density at radius 3 is 2.41 bits per heavy atom. The number of hydrogen-bond acceptors (Lipinski definition) is 2. The summed E-state index contributed by atoms with van der Waals surface area (Å²) in [6, 6.07) is 22.5. The lowest BCUT2D eigenvalue weighted by molar-refractivity contribution is -0.145. The predicted molar refractivity (Wildman–Crippen MR) is 112 cm³/mol. The summed E-state index contributed by atoms with van der Waals surface area (Å²) in [4.78, 5) is 14.1. The summed E-state index contributed by atoms with van der Waals surface area (Å²) < 4.78 is 1.02. The number of carboxylic acids is 1. The Hall–Kier alpha value is -2.17. The molecule has 1 heterocycles. The van der Waals surface area contributed by atoms with E-state index in [-0.39, 0.29) is 6.04 Å². The quantitative estimate of drug-likeness (QED) is 0.590. The molecule has 0 aromatic heterocycles. The number of piperidine rings is 1. The van der Waals surface area contributed by atoms with E-state index in [9.17, 15) is 9.90 Å². The van der Waals surface area contributed by atoms with Crippen LogP contribution in [0.25, 0.3) is 10.8 Å². The van der Waals surface area contributed by atoms with E-state index in [1.165, 1.54) is 10.8 Å². The third-order valence-electron chi connectivity index (χ3n) is 5.44. The van der Waals surface area contributed by atoms with Crippen LogP contribution in [0.15, 0.2) is 71.2 Å². The molecule has 1 N–H and O–H groups in total. The van der Waals surface area contributed by atoms with Gasteiger partial charge < -0.3 is 5.11 Å². The molecule has 3 nitrogen and oxygen atoms in total. The van der Waals surface area contributed by atoms with Gasteiger partial charge in [0.1, 0.15) is 6.04 Å². The van der Waals surface area contributed by atoms with Gasteiger partial charge in [0, 0.05) is 4.47 Å². The van der Waals surface area contributed by atoms with Crippen molar-refractivity contribution in [3.05, 3.63) is 82.3 Å². The molecule has 0 amide bonds. The molecule has 27 heavy (non-hydrogen) atoms. The van der Waals surface area contributed by atoms with Crippen molar-refractivity contribution in [2.45, 2.75) is 31.3 Å². The fraction of sp³-hybridized carbons (Fsp3) is 0.261. The molecule has 1 aliphatic rings. The topological polar surface area (TPSA) is 40.5 Å². The highest BCUT2D eigenvalue weighted by atomic mass is 79.9. The van der Waals surface area contributed by atoms with Gasteiger partial charge in [0.25, 0.3) is 0 Å². The molecule has 3 aromatic carbocycles. The monoisotopic (exact) mass is 423 g/mol. The van der Waals surface area contributed by atoms with Gasteiger partial charge in [0.2, 0.25) is 0 Å². The molecular weight excluding hydrogens is 402 g/mol. The number of carbonyl (C=O) groups is 1. The maximum absolute atomic E-state index is 11.9. The van der Waals surface area contributed by atoms with Crippen LogP contribution in [0.5, 0.6) is 0 Å². The van der Waals surface area contributed by atoms with E-state index in [0.29, 0.717) is 6.42 Å². The maximum Gasteiger partial charge on any atom is 0.320 e. The first kappa shape index (κ1) is 18.2. The third-order valence-corrected chi connectivity index (χ3v) is 5.96. The minimum absolute atomic E-state index is 0.0656. The van der Waals surface area contributed by atoms with Crippen molar-refractivity contribution in [1.29, 1.82) is 0 Å².